The molecule has 0 saturated carbocycles. The maximum absolute atomic E-state index is 9.04. The number of hydrogen-bond acceptors (Lipinski definition) is 12. The standard InChI is InChI=1S/C96H88N8O8/c97-93(98)65-29-13-25-61(49-65)81-85-73-53-75-70(38-34-58-19-7-2-8-20-58)77-55-79-72(40-36-60-23-11-4-12-24-60)80-56-78-71(39-35-59-21-9-3-10-22-59)76-54-74(69(73)37-33-57-17-5-1-6-18-57)86(106-42-41-105-85)82(62-26-14-30-66(50-62)94(99)100)88(76)108-44-46-110-90(78)84(64-28-16-32-68(52-64)96(103)104)92(80)112-48-47-111-91(79)83(89(77)109-45-43-107-87(75)81)63-27-15-31-67(51-63)95(101)102/h1-32,49-56,69-72H,33-48H2,(H3,97,98)(H3,99,100)(H3,101,102)(H3,103,104). The molecule has 4 aliphatic heterocycles. The molecule has 0 aromatic heterocycles. The quantitative estimate of drug-likeness (QED) is 0.0261. The van der Waals surface area contributed by atoms with E-state index < -0.39 is 23.7 Å². The van der Waals surface area contributed by atoms with Gasteiger partial charge in [-0.3, -0.25) is 21.6 Å². The highest BCUT2D eigenvalue weighted by Gasteiger charge is 2.42. The van der Waals surface area contributed by atoms with Gasteiger partial charge in [-0.05, 0) is 144 Å². The summed E-state index contributed by atoms with van der Waals surface area (Å²) in [6.45, 7) is 0.708. The summed E-state index contributed by atoms with van der Waals surface area (Å²) in [4.78, 5) is 0. The van der Waals surface area contributed by atoms with Gasteiger partial charge in [-0.15, -0.1) is 0 Å². The van der Waals surface area contributed by atoms with Gasteiger partial charge in [0.25, 0.3) is 0 Å². The van der Waals surface area contributed by atoms with Crippen LogP contribution >= 0.6 is 0 Å². The van der Waals surface area contributed by atoms with Gasteiger partial charge in [0.2, 0.25) is 0 Å². The SMILES string of the molecule is N=C(N)c1cccc(-c2c3c4cc5c2OCCOc2c(cc6c(c2-c2cccc(C(=N)N)c2)OCCOc2c(cc7c(c2-c2cccc(C(=N)N)c2)OCCOc2c(cc(c(c2-c2cccc(C(=N)N)c2)OCCO3)C4CCc2ccccc2)C7CCc2ccccc2)C6CCc2ccccc2)C5CCc2ccccc2)c1. The summed E-state index contributed by atoms with van der Waals surface area (Å²) in [5.41, 5.74) is 45.6. The Morgan fingerprint density at radius 3 is 0.580 bits per heavy atom. The lowest BCUT2D eigenvalue weighted by Crippen LogP contribution is -2.16. The number of aryl methyl sites for hydroxylation is 4. The van der Waals surface area contributed by atoms with Crippen LogP contribution in [-0.2, 0) is 25.7 Å². The number of ether oxygens (including phenoxy) is 8. The zero-order valence-electron chi connectivity index (χ0n) is 62.3. The molecule has 12 aromatic rings. The highest BCUT2D eigenvalue weighted by Crippen LogP contribution is 2.62. The Bertz CT molecular complexity index is 4800. The molecule has 4 heterocycles. The molecule has 5 aliphatic rings. The third kappa shape index (κ3) is 14.2. The van der Waals surface area contributed by atoms with Gasteiger partial charge in [0.1, 0.15) is 122 Å². The molecular weight excluding hydrogens is 1390 g/mol. The topological polar surface area (TPSA) is 273 Å². The molecule has 0 amide bonds. The predicted molar refractivity (Wildman–Crippen MR) is 442 cm³/mol. The number of amidine groups is 4. The number of nitrogens with one attached hydrogen (secondary N) is 4. The number of benzene rings is 12. The monoisotopic (exact) mass is 1480 g/mol. The Labute approximate surface area is 652 Å². The fourth-order valence-electron chi connectivity index (χ4n) is 17.4. The van der Waals surface area contributed by atoms with Crippen LogP contribution in [0.25, 0.3) is 44.5 Å². The van der Waals surface area contributed by atoms with Gasteiger partial charge in [0.05, 0.1) is 22.3 Å². The molecule has 16 nitrogen and oxygen atoms in total. The minimum absolute atomic E-state index is 0.0885. The van der Waals surface area contributed by atoms with E-state index in [9.17, 15) is 0 Å². The van der Waals surface area contributed by atoms with Crippen LogP contribution in [0.15, 0.2) is 243 Å². The lowest BCUT2D eigenvalue weighted by molar-refractivity contribution is 0.206. The average molecular weight is 1480 g/mol. The summed E-state index contributed by atoms with van der Waals surface area (Å²) in [5, 5.41) is 36.1. The first kappa shape index (κ1) is 71.8. The van der Waals surface area contributed by atoms with Gasteiger partial charge < -0.3 is 60.8 Å². The Balaban J connectivity index is 1.12. The number of nitrogens with two attached hydrogens (primary N) is 4. The van der Waals surface area contributed by atoms with Crippen molar-refractivity contribution in [1.29, 1.82) is 21.6 Å². The molecule has 12 N–H and O–H groups in total. The maximum atomic E-state index is 9.04. The smallest absolute Gasteiger partial charge is 0.134 e. The Hall–Kier alpha value is -13.1. The van der Waals surface area contributed by atoms with Crippen molar-refractivity contribution in [2.45, 2.75) is 75.0 Å². The lowest BCUT2D eigenvalue weighted by Gasteiger charge is -2.33. The summed E-state index contributed by atoms with van der Waals surface area (Å²) in [6, 6.07) is 83.3. The van der Waals surface area contributed by atoms with Crippen LogP contribution in [0, 0.1) is 21.6 Å². The predicted octanol–water partition coefficient (Wildman–Crippen LogP) is 17.9. The van der Waals surface area contributed by atoms with E-state index in [0.29, 0.717) is 142 Å². The highest BCUT2D eigenvalue weighted by atomic mass is 16.5. The van der Waals surface area contributed by atoms with E-state index >= 15 is 0 Å². The molecule has 16 heteroatoms. The van der Waals surface area contributed by atoms with Crippen LogP contribution < -0.4 is 60.8 Å². The van der Waals surface area contributed by atoms with E-state index in [-0.39, 0.29) is 76.2 Å². The summed E-state index contributed by atoms with van der Waals surface area (Å²) >= 11 is 0. The van der Waals surface area contributed by atoms with Crippen molar-refractivity contribution in [2.75, 3.05) is 52.9 Å². The lowest BCUT2D eigenvalue weighted by atomic mass is 9.73. The first-order valence-corrected chi connectivity index (χ1v) is 38.7. The molecule has 112 heavy (non-hydrogen) atoms. The van der Waals surface area contributed by atoms with Crippen LogP contribution in [0.3, 0.4) is 0 Å². The zero-order chi connectivity index (χ0) is 76.3. The molecule has 17 rings (SSSR count). The molecule has 0 unspecified atom stereocenters. The average Bonchev–Trinajstić information content (AvgIpc) is 1.09. The zero-order valence-corrected chi connectivity index (χ0v) is 62.3. The molecule has 0 radical (unpaired) electrons. The second-order valence-corrected chi connectivity index (χ2v) is 29.4. The number of hydrogen-bond donors (Lipinski definition) is 8. The number of nitrogen functional groups attached to an aromatic ring is 4. The van der Waals surface area contributed by atoms with E-state index in [2.05, 4.69) is 170 Å². The third-order valence-corrected chi connectivity index (χ3v) is 22.6. The Morgan fingerprint density at radius 1 is 0.232 bits per heavy atom. The van der Waals surface area contributed by atoms with Crippen LogP contribution in [0.2, 0.25) is 0 Å². The van der Waals surface area contributed by atoms with Gasteiger partial charge >= 0.3 is 0 Å². The van der Waals surface area contributed by atoms with Gasteiger partial charge in [0, 0.05) is 90.4 Å². The van der Waals surface area contributed by atoms with Crippen molar-refractivity contribution in [2.24, 2.45) is 22.9 Å². The van der Waals surface area contributed by atoms with Gasteiger partial charge in [0.15, 0.2) is 0 Å². The van der Waals surface area contributed by atoms with Crippen molar-refractivity contribution in [3.63, 3.8) is 0 Å². The van der Waals surface area contributed by atoms with Crippen LogP contribution in [0.1, 0.15) is 138 Å². The third-order valence-electron chi connectivity index (χ3n) is 22.6. The van der Waals surface area contributed by atoms with Crippen LogP contribution in [-0.4, -0.2) is 76.2 Å². The summed E-state index contributed by atoms with van der Waals surface area (Å²) in [7, 11) is 0. The van der Waals surface area contributed by atoms with Gasteiger partial charge in [-0.25, -0.2) is 0 Å². The summed E-state index contributed by atoms with van der Waals surface area (Å²) < 4.78 is 60.8. The molecular formula is C96H88N8O8. The fraction of sp³-hybridized carbons (Fsp3) is 0.208. The van der Waals surface area contributed by atoms with E-state index in [4.69, 9.17) is 82.5 Å². The minimum atomic E-state index is -0.559. The Morgan fingerprint density at radius 2 is 0.411 bits per heavy atom. The van der Waals surface area contributed by atoms with Crippen molar-refractivity contribution in [1.82, 2.24) is 0 Å². The summed E-state index contributed by atoms with van der Waals surface area (Å²) in [5.74, 6) is 2.15. The molecule has 1 aliphatic carbocycles. The molecule has 0 fully saturated rings. The number of rotatable bonds is 20. The second kappa shape index (κ2) is 31.5. The van der Waals surface area contributed by atoms with Crippen molar-refractivity contribution < 1.29 is 37.9 Å². The van der Waals surface area contributed by atoms with Crippen LogP contribution in [0.5, 0.6) is 46.0 Å². The minimum Gasteiger partial charge on any atom is -0.489 e. The normalized spacial score (nSPS) is 16.4. The Kier molecular flexibility index (Phi) is 20.2. The highest BCUT2D eigenvalue weighted by molar-refractivity contribution is 6.00. The van der Waals surface area contributed by atoms with Gasteiger partial charge in [-0.2, -0.15) is 0 Å². The largest absolute Gasteiger partial charge is 0.489 e. The van der Waals surface area contributed by atoms with E-state index in [1.165, 1.54) is 0 Å². The first-order valence-electron chi connectivity index (χ1n) is 38.7. The molecule has 12 aromatic carbocycles. The van der Waals surface area contributed by atoms with Crippen LogP contribution in [0.4, 0.5) is 0 Å². The molecule has 16 bridgehead atoms. The van der Waals surface area contributed by atoms with Crippen molar-refractivity contribution in [3.8, 4) is 90.5 Å². The molecule has 560 valence electrons. The van der Waals surface area contributed by atoms with E-state index in [0.717, 1.165) is 89.0 Å². The molecule has 0 saturated heterocycles. The first-order chi connectivity index (χ1) is 54.9. The van der Waals surface area contributed by atoms with E-state index in [1.54, 1.807) is 0 Å². The van der Waals surface area contributed by atoms with Gasteiger partial charge in [-0.1, -0.05) is 194 Å². The fourth-order valence-corrected chi connectivity index (χ4v) is 17.4. The second-order valence-electron chi connectivity index (χ2n) is 29.4. The molecule has 0 spiro atoms. The van der Waals surface area contributed by atoms with E-state index in [1.807, 2.05) is 72.8 Å². The maximum Gasteiger partial charge on any atom is 0.134 e. The summed E-state index contributed by atoms with van der Waals surface area (Å²) in [6.07, 6.45) is 4.60. The van der Waals surface area contributed by atoms with Crippen molar-refractivity contribution >= 4 is 23.3 Å². The van der Waals surface area contributed by atoms with Crippen molar-refractivity contribution in [3.05, 3.63) is 332 Å². The molecule has 0 atom stereocenters.